The Bertz CT molecular complexity index is 841. The largest absolute Gasteiger partial charge is 0.503 e. The third kappa shape index (κ3) is 7.54. The zero-order valence-corrected chi connectivity index (χ0v) is 21.3. The number of methoxy groups -OCH3 is 1. The van der Waals surface area contributed by atoms with Crippen molar-refractivity contribution in [1.29, 1.82) is 0 Å². The first-order valence-electron chi connectivity index (χ1n) is 12.7. The molecule has 4 atom stereocenters. The van der Waals surface area contributed by atoms with Crippen LogP contribution in [0.3, 0.4) is 0 Å². The van der Waals surface area contributed by atoms with Crippen molar-refractivity contribution < 1.29 is 33.6 Å². The quantitative estimate of drug-likeness (QED) is 0.530. The number of aromatic nitrogens is 1. The topological polar surface area (TPSA) is 116 Å². The number of carbonyl (C=O) groups is 2. The number of nitrogens with one attached hydrogen (secondary N) is 1. The molecule has 1 saturated heterocycles. The van der Waals surface area contributed by atoms with Crippen LogP contribution in [-0.4, -0.2) is 67.1 Å². The minimum absolute atomic E-state index is 0.0416. The van der Waals surface area contributed by atoms with Gasteiger partial charge in [0, 0.05) is 24.8 Å². The molecule has 2 aliphatic rings. The van der Waals surface area contributed by atoms with Crippen molar-refractivity contribution in [3.63, 3.8) is 0 Å². The van der Waals surface area contributed by atoms with Gasteiger partial charge in [0.25, 0.3) is 5.91 Å². The van der Waals surface area contributed by atoms with Crippen LogP contribution in [0.5, 0.6) is 11.5 Å². The molecule has 1 aliphatic carbocycles. The van der Waals surface area contributed by atoms with Gasteiger partial charge in [-0.3, -0.25) is 4.79 Å². The fraction of sp³-hybridized carbons (Fsp3) is 0.731. The van der Waals surface area contributed by atoms with Crippen molar-refractivity contribution in [2.75, 3.05) is 26.9 Å². The van der Waals surface area contributed by atoms with E-state index in [1.165, 1.54) is 51.5 Å². The number of aromatic hydroxyl groups is 1. The van der Waals surface area contributed by atoms with Gasteiger partial charge in [-0.25, -0.2) is 9.78 Å². The molecule has 196 valence electrons. The van der Waals surface area contributed by atoms with Gasteiger partial charge in [-0.1, -0.05) is 46.0 Å². The summed E-state index contributed by atoms with van der Waals surface area (Å²) in [5.41, 5.74) is -0.238. The highest BCUT2D eigenvalue weighted by atomic mass is 16.6. The summed E-state index contributed by atoms with van der Waals surface area (Å²) in [7, 11) is 1.38. The molecule has 35 heavy (non-hydrogen) atoms. The molecule has 9 nitrogen and oxygen atoms in total. The van der Waals surface area contributed by atoms with Crippen molar-refractivity contribution in [2.45, 2.75) is 77.5 Å². The predicted octanol–water partition coefficient (Wildman–Crippen LogP) is 3.48. The predicted molar refractivity (Wildman–Crippen MR) is 129 cm³/mol. The Balaban J connectivity index is 1.73. The number of cyclic esters (lactones) is 1. The number of ether oxygens (including phenoxy) is 4. The molecule has 2 N–H and O–H groups in total. The second-order valence-electron chi connectivity index (χ2n) is 10.1. The number of hydrogen-bond donors (Lipinski definition) is 2. The molecule has 1 saturated carbocycles. The normalized spacial score (nSPS) is 26.4. The third-order valence-corrected chi connectivity index (χ3v) is 6.74. The number of esters is 1. The van der Waals surface area contributed by atoms with E-state index in [1.807, 2.05) is 6.92 Å². The molecule has 9 heteroatoms. The number of hydrogen-bond acceptors (Lipinski definition) is 8. The van der Waals surface area contributed by atoms with Gasteiger partial charge in [-0.2, -0.15) is 0 Å². The summed E-state index contributed by atoms with van der Waals surface area (Å²) in [4.78, 5) is 29.7. The lowest BCUT2D eigenvalue weighted by Crippen LogP contribution is -2.46. The fourth-order valence-corrected chi connectivity index (χ4v) is 4.94. The van der Waals surface area contributed by atoms with Crippen molar-refractivity contribution in [3.05, 3.63) is 18.0 Å². The molecule has 3 rings (SSSR count). The Morgan fingerprint density at radius 2 is 2.00 bits per heavy atom. The highest BCUT2D eigenvalue weighted by Crippen LogP contribution is 2.33. The van der Waals surface area contributed by atoms with Crippen LogP contribution in [0.15, 0.2) is 12.3 Å². The number of pyridine rings is 1. The van der Waals surface area contributed by atoms with Gasteiger partial charge in [0.2, 0.25) is 0 Å². The molecule has 1 aromatic heterocycles. The first-order chi connectivity index (χ1) is 16.8. The lowest BCUT2D eigenvalue weighted by atomic mass is 9.80. The molecule has 0 bridgehead atoms. The van der Waals surface area contributed by atoms with E-state index in [1.54, 1.807) is 0 Å². The molecule has 2 fully saturated rings. The molecule has 0 unspecified atom stereocenters. The Morgan fingerprint density at radius 3 is 2.69 bits per heavy atom. The number of amides is 1. The van der Waals surface area contributed by atoms with Crippen molar-refractivity contribution in [3.8, 4) is 11.5 Å². The van der Waals surface area contributed by atoms with Gasteiger partial charge in [-0.15, -0.1) is 0 Å². The molecule has 0 spiro atoms. The third-order valence-electron chi connectivity index (χ3n) is 6.74. The summed E-state index contributed by atoms with van der Waals surface area (Å²) >= 11 is 0. The summed E-state index contributed by atoms with van der Waals surface area (Å²) in [6.45, 7) is 6.96. The standard InChI is InChI=1S/C26H40N2O7/c1-16(2)13-34-24-17(3)35-26(31)20(15-33-14-19(24)12-18-8-6-5-7-9-18)28-25(30)22-23(29)21(32-4)10-11-27-22/h10-11,16-20,24,29H,5-9,12-15H2,1-4H3,(H,28,30)/t17-,19-,20-,24-/m0/s1. The monoisotopic (exact) mass is 492 g/mol. The molecular weight excluding hydrogens is 452 g/mol. The van der Waals surface area contributed by atoms with Crippen LogP contribution < -0.4 is 10.1 Å². The lowest BCUT2D eigenvalue weighted by molar-refractivity contribution is -0.161. The van der Waals surface area contributed by atoms with E-state index in [9.17, 15) is 14.7 Å². The van der Waals surface area contributed by atoms with Crippen molar-refractivity contribution in [1.82, 2.24) is 10.3 Å². The van der Waals surface area contributed by atoms with Crippen LogP contribution in [0.25, 0.3) is 0 Å². The Kier molecular flexibility index (Phi) is 10.2. The summed E-state index contributed by atoms with van der Waals surface area (Å²) in [5.74, 6) is -0.565. The SMILES string of the molecule is COc1ccnc(C(=O)N[C@H]2COC[C@H](CC3CCCCC3)[C@@H](OCC(C)C)[C@H](C)OC2=O)c1O. The van der Waals surface area contributed by atoms with Gasteiger partial charge in [-0.05, 0) is 25.2 Å². The second kappa shape index (κ2) is 13.1. The van der Waals surface area contributed by atoms with Crippen LogP contribution >= 0.6 is 0 Å². The van der Waals surface area contributed by atoms with Gasteiger partial charge in [0.15, 0.2) is 23.2 Å². The van der Waals surface area contributed by atoms with E-state index in [2.05, 4.69) is 24.1 Å². The minimum Gasteiger partial charge on any atom is -0.503 e. The van der Waals surface area contributed by atoms with E-state index in [4.69, 9.17) is 18.9 Å². The van der Waals surface area contributed by atoms with E-state index < -0.39 is 29.8 Å². The summed E-state index contributed by atoms with van der Waals surface area (Å²) in [5, 5.41) is 12.9. The fourth-order valence-electron chi connectivity index (χ4n) is 4.94. The van der Waals surface area contributed by atoms with Gasteiger partial charge >= 0.3 is 5.97 Å². The van der Waals surface area contributed by atoms with Crippen LogP contribution in [0.4, 0.5) is 0 Å². The van der Waals surface area contributed by atoms with Gasteiger partial charge in [0.1, 0.15) is 6.10 Å². The first-order valence-corrected chi connectivity index (χ1v) is 12.7. The van der Waals surface area contributed by atoms with E-state index in [-0.39, 0.29) is 30.1 Å². The van der Waals surface area contributed by atoms with E-state index >= 15 is 0 Å². The number of carbonyl (C=O) groups excluding carboxylic acids is 2. The van der Waals surface area contributed by atoms with E-state index in [0.29, 0.717) is 25.0 Å². The van der Waals surface area contributed by atoms with Crippen LogP contribution in [0.1, 0.15) is 69.8 Å². The number of nitrogens with zero attached hydrogens (tertiary/aromatic N) is 1. The summed E-state index contributed by atoms with van der Waals surface area (Å²) in [6.07, 6.45) is 7.72. The van der Waals surface area contributed by atoms with E-state index in [0.717, 1.165) is 6.42 Å². The molecule has 0 radical (unpaired) electrons. The Labute approximate surface area is 207 Å². The lowest BCUT2D eigenvalue weighted by Gasteiger charge is -2.34. The molecule has 0 aromatic carbocycles. The molecule has 2 heterocycles. The molecule has 1 aromatic rings. The van der Waals surface area contributed by atoms with Gasteiger partial charge < -0.3 is 29.4 Å². The average Bonchev–Trinajstić information content (AvgIpc) is 2.87. The first kappa shape index (κ1) is 27.2. The van der Waals surface area contributed by atoms with Crippen molar-refractivity contribution in [2.24, 2.45) is 17.8 Å². The maximum absolute atomic E-state index is 13.0. The van der Waals surface area contributed by atoms with Crippen LogP contribution in [0, 0.1) is 17.8 Å². The maximum Gasteiger partial charge on any atom is 0.331 e. The number of rotatable bonds is 8. The maximum atomic E-state index is 13.0. The molecular formula is C26H40N2O7. The highest BCUT2D eigenvalue weighted by Gasteiger charge is 2.37. The smallest absolute Gasteiger partial charge is 0.331 e. The highest BCUT2D eigenvalue weighted by molar-refractivity contribution is 5.98. The molecule has 1 aliphatic heterocycles. The average molecular weight is 493 g/mol. The van der Waals surface area contributed by atoms with Crippen LogP contribution in [0.2, 0.25) is 0 Å². The second-order valence-corrected chi connectivity index (χ2v) is 10.1. The molecule has 1 amide bonds. The Morgan fingerprint density at radius 1 is 1.26 bits per heavy atom. The summed E-state index contributed by atoms with van der Waals surface area (Å²) < 4.78 is 23.1. The van der Waals surface area contributed by atoms with Gasteiger partial charge in [0.05, 0.1) is 26.4 Å². The minimum atomic E-state index is -1.04. The van der Waals surface area contributed by atoms with Crippen molar-refractivity contribution >= 4 is 11.9 Å². The Hall–Kier alpha value is -2.39. The zero-order valence-electron chi connectivity index (χ0n) is 21.3. The van der Waals surface area contributed by atoms with Crippen LogP contribution in [-0.2, 0) is 19.0 Å². The summed E-state index contributed by atoms with van der Waals surface area (Å²) in [6, 6.07) is 0.395. The zero-order chi connectivity index (χ0) is 25.4.